The van der Waals surface area contributed by atoms with E-state index in [9.17, 15) is 4.79 Å². The Morgan fingerprint density at radius 1 is 1.44 bits per heavy atom. The monoisotopic (exact) mass is 301 g/mol. The SMILES string of the molecule is CC(Br)CCNC(=O)CSc1ccccc1. The number of nitrogens with one attached hydrogen (secondary N) is 1. The van der Waals surface area contributed by atoms with Gasteiger partial charge in [-0.25, -0.2) is 0 Å². The Hall–Kier alpha value is -0.480. The molecule has 88 valence electrons. The van der Waals surface area contributed by atoms with Gasteiger partial charge in [0.2, 0.25) is 5.91 Å². The van der Waals surface area contributed by atoms with Gasteiger partial charge in [-0.1, -0.05) is 41.1 Å². The molecule has 0 aliphatic carbocycles. The Morgan fingerprint density at radius 2 is 2.12 bits per heavy atom. The lowest BCUT2D eigenvalue weighted by Crippen LogP contribution is -2.27. The minimum atomic E-state index is 0.0991. The van der Waals surface area contributed by atoms with E-state index in [-0.39, 0.29) is 5.91 Å². The second-order valence-corrected chi connectivity index (χ2v) is 6.13. The van der Waals surface area contributed by atoms with E-state index in [4.69, 9.17) is 0 Å². The first kappa shape index (κ1) is 13.6. The highest BCUT2D eigenvalue weighted by Crippen LogP contribution is 2.16. The lowest BCUT2D eigenvalue weighted by Gasteiger charge is -2.06. The van der Waals surface area contributed by atoms with Gasteiger partial charge in [0, 0.05) is 16.3 Å². The van der Waals surface area contributed by atoms with Crippen LogP contribution >= 0.6 is 27.7 Å². The second-order valence-electron chi connectivity index (χ2n) is 3.52. The minimum absolute atomic E-state index is 0.0991. The Balaban J connectivity index is 2.16. The fourth-order valence-corrected chi connectivity index (χ4v) is 2.11. The van der Waals surface area contributed by atoms with E-state index in [2.05, 4.69) is 28.2 Å². The lowest BCUT2D eigenvalue weighted by atomic mass is 10.3. The highest BCUT2D eigenvalue weighted by Gasteiger charge is 2.02. The van der Waals surface area contributed by atoms with Gasteiger partial charge in [0.25, 0.3) is 0 Å². The smallest absolute Gasteiger partial charge is 0.230 e. The maximum absolute atomic E-state index is 11.5. The molecule has 0 heterocycles. The Labute approximate surface area is 109 Å². The molecule has 1 rings (SSSR count). The molecule has 1 N–H and O–H groups in total. The number of alkyl halides is 1. The third-order valence-corrected chi connectivity index (χ3v) is 3.45. The molecule has 2 nitrogen and oxygen atoms in total. The van der Waals surface area contributed by atoms with Crippen molar-refractivity contribution in [2.75, 3.05) is 12.3 Å². The third kappa shape index (κ3) is 6.18. The van der Waals surface area contributed by atoms with Crippen LogP contribution in [-0.4, -0.2) is 23.0 Å². The first-order valence-corrected chi connectivity index (χ1v) is 7.17. The van der Waals surface area contributed by atoms with Crippen molar-refractivity contribution < 1.29 is 4.79 Å². The second kappa shape index (κ2) is 7.74. The summed E-state index contributed by atoms with van der Waals surface area (Å²) in [4.78, 5) is 13.0. The van der Waals surface area contributed by atoms with Gasteiger partial charge in [-0.15, -0.1) is 11.8 Å². The predicted octanol–water partition coefficient (Wildman–Crippen LogP) is 3.07. The van der Waals surface area contributed by atoms with Crippen molar-refractivity contribution in [3.8, 4) is 0 Å². The lowest BCUT2D eigenvalue weighted by molar-refractivity contribution is -0.118. The highest BCUT2D eigenvalue weighted by molar-refractivity contribution is 9.09. The van der Waals surface area contributed by atoms with E-state index in [0.29, 0.717) is 10.6 Å². The molecular formula is C12H16BrNOS. The highest BCUT2D eigenvalue weighted by atomic mass is 79.9. The third-order valence-electron chi connectivity index (χ3n) is 1.98. The maximum atomic E-state index is 11.5. The van der Waals surface area contributed by atoms with Crippen molar-refractivity contribution in [2.45, 2.75) is 23.1 Å². The van der Waals surface area contributed by atoms with Crippen molar-refractivity contribution in [3.05, 3.63) is 30.3 Å². The molecule has 0 aliphatic heterocycles. The van der Waals surface area contributed by atoms with Crippen LogP contribution in [0.25, 0.3) is 0 Å². The Kier molecular flexibility index (Phi) is 6.57. The molecule has 0 fully saturated rings. The molecule has 1 amide bonds. The van der Waals surface area contributed by atoms with Crippen LogP contribution in [0.3, 0.4) is 0 Å². The molecule has 4 heteroatoms. The van der Waals surface area contributed by atoms with E-state index in [0.717, 1.165) is 17.9 Å². The number of rotatable bonds is 6. The van der Waals surface area contributed by atoms with Crippen LogP contribution in [0.4, 0.5) is 0 Å². The van der Waals surface area contributed by atoms with Crippen LogP contribution in [0, 0.1) is 0 Å². The summed E-state index contributed by atoms with van der Waals surface area (Å²) in [6.45, 7) is 2.81. The molecule has 1 aromatic carbocycles. The van der Waals surface area contributed by atoms with Gasteiger partial charge in [-0.3, -0.25) is 4.79 Å². The van der Waals surface area contributed by atoms with Crippen molar-refractivity contribution in [1.29, 1.82) is 0 Å². The topological polar surface area (TPSA) is 29.1 Å². The van der Waals surface area contributed by atoms with E-state index in [1.54, 1.807) is 11.8 Å². The summed E-state index contributed by atoms with van der Waals surface area (Å²) < 4.78 is 0. The van der Waals surface area contributed by atoms with Crippen LogP contribution in [0.1, 0.15) is 13.3 Å². The molecule has 0 saturated heterocycles. The summed E-state index contributed by atoms with van der Waals surface area (Å²) >= 11 is 5.01. The molecule has 0 saturated carbocycles. The summed E-state index contributed by atoms with van der Waals surface area (Å²) in [7, 11) is 0. The van der Waals surface area contributed by atoms with Crippen molar-refractivity contribution in [2.24, 2.45) is 0 Å². The van der Waals surface area contributed by atoms with E-state index >= 15 is 0 Å². The van der Waals surface area contributed by atoms with Crippen molar-refractivity contribution in [1.82, 2.24) is 5.32 Å². The zero-order valence-corrected chi connectivity index (χ0v) is 11.7. The molecule has 0 bridgehead atoms. The first-order valence-electron chi connectivity index (χ1n) is 5.27. The van der Waals surface area contributed by atoms with Crippen LogP contribution in [0.5, 0.6) is 0 Å². The Morgan fingerprint density at radius 3 is 2.75 bits per heavy atom. The first-order chi connectivity index (χ1) is 7.68. The zero-order valence-electron chi connectivity index (χ0n) is 9.28. The normalized spacial score (nSPS) is 12.1. The van der Waals surface area contributed by atoms with Crippen LogP contribution in [-0.2, 0) is 4.79 Å². The number of carbonyl (C=O) groups excluding carboxylic acids is 1. The maximum Gasteiger partial charge on any atom is 0.230 e. The van der Waals surface area contributed by atoms with E-state index in [1.165, 1.54) is 0 Å². The number of carbonyl (C=O) groups is 1. The van der Waals surface area contributed by atoms with Gasteiger partial charge in [0.1, 0.15) is 0 Å². The van der Waals surface area contributed by atoms with Crippen molar-refractivity contribution in [3.63, 3.8) is 0 Å². The summed E-state index contributed by atoms with van der Waals surface area (Å²) in [5.41, 5.74) is 0. The average Bonchev–Trinajstić information content (AvgIpc) is 2.27. The standard InChI is InChI=1S/C12H16BrNOS/c1-10(13)7-8-14-12(15)9-16-11-5-3-2-4-6-11/h2-6,10H,7-9H2,1H3,(H,14,15). The molecule has 16 heavy (non-hydrogen) atoms. The predicted molar refractivity (Wildman–Crippen MR) is 73.2 cm³/mol. The van der Waals surface area contributed by atoms with E-state index < -0.39 is 0 Å². The van der Waals surface area contributed by atoms with Crippen LogP contribution < -0.4 is 5.32 Å². The fraction of sp³-hybridized carbons (Fsp3) is 0.417. The van der Waals surface area contributed by atoms with E-state index in [1.807, 2.05) is 30.3 Å². The number of hydrogen-bond donors (Lipinski definition) is 1. The molecule has 0 aliphatic rings. The van der Waals surface area contributed by atoms with Gasteiger partial charge in [-0.2, -0.15) is 0 Å². The number of benzene rings is 1. The van der Waals surface area contributed by atoms with Gasteiger partial charge < -0.3 is 5.32 Å². The summed E-state index contributed by atoms with van der Waals surface area (Å²) in [6, 6.07) is 9.96. The average molecular weight is 302 g/mol. The largest absolute Gasteiger partial charge is 0.355 e. The number of hydrogen-bond acceptors (Lipinski definition) is 2. The van der Waals surface area contributed by atoms with Crippen LogP contribution in [0.2, 0.25) is 0 Å². The molecule has 0 spiro atoms. The molecule has 1 unspecified atom stereocenters. The Bertz CT molecular complexity index is 316. The fourth-order valence-electron chi connectivity index (χ4n) is 1.13. The minimum Gasteiger partial charge on any atom is -0.355 e. The summed E-state index contributed by atoms with van der Waals surface area (Å²) in [5, 5.41) is 2.89. The molecule has 0 aromatic heterocycles. The van der Waals surface area contributed by atoms with Crippen molar-refractivity contribution >= 4 is 33.6 Å². The summed E-state index contributed by atoms with van der Waals surface area (Å²) in [5.74, 6) is 0.586. The zero-order chi connectivity index (χ0) is 11.8. The number of amides is 1. The number of halogens is 1. The molecule has 1 aromatic rings. The van der Waals surface area contributed by atoms with Crippen LogP contribution in [0.15, 0.2) is 35.2 Å². The molecular weight excluding hydrogens is 286 g/mol. The molecule has 1 atom stereocenters. The van der Waals surface area contributed by atoms with Gasteiger partial charge in [0.15, 0.2) is 0 Å². The number of thioether (sulfide) groups is 1. The quantitative estimate of drug-likeness (QED) is 0.646. The van der Waals surface area contributed by atoms with Gasteiger partial charge in [0.05, 0.1) is 5.75 Å². The summed E-state index contributed by atoms with van der Waals surface area (Å²) in [6.07, 6.45) is 0.960. The van der Waals surface area contributed by atoms with Gasteiger partial charge in [-0.05, 0) is 18.6 Å². The van der Waals surface area contributed by atoms with Gasteiger partial charge >= 0.3 is 0 Å². The molecule has 0 radical (unpaired) electrons.